The molecular formula is C11H18O4. The van der Waals surface area contributed by atoms with Gasteiger partial charge in [-0.15, -0.1) is 0 Å². The van der Waals surface area contributed by atoms with Gasteiger partial charge in [0.2, 0.25) is 0 Å². The van der Waals surface area contributed by atoms with E-state index in [2.05, 4.69) is 0 Å². The molecule has 2 fully saturated rings. The van der Waals surface area contributed by atoms with Crippen LogP contribution in [0.25, 0.3) is 0 Å². The zero-order valence-corrected chi connectivity index (χ0v) is 8.91. The van der Waals surface area contributed by atoms with Crippen LogP contribution in [0.4, 0.5) is 0 Å². The first-order valence-electron chi connectivity index (χ1n) is 5.74. The first-order chi connectivity index (χ1) is 7.20. The second-order valence-corrected chi connectivity index (χ2v) is 4.45. The largest absolute Gasteiger partial charge is 0.481 e. The third-order valence-electron chi connectivity index (χ3n) is 3.21. The molecule has 1 spiro atoms. The summed E-state index contributed by atoms with van der Waals surface area (Å²) in [4.78, 5) is 10.4. The van der Waals surface area contributed by atoms with E-state index in [0.717, 1.165) is 25.7 Å². The lowest BCUT2D eigenvalue weighted by Gasteiger charge is -2.31. The molecule has 0 aromatic carbocycles. The molecule has 1 N–H and O–H groups in total. The van der Waals surface area contributed by atoms with Gasteiger partial charge >= 0.3 is 5.97 Å². The second-order valence-electron chi connectivity index (χ2n) is 4.45. The summed E-state index contributed by atoms with van der Waals surface area (Å²) in [6, 6.07) is 0. The molecule has 0 unspecified atom stereocenters. The van der Waals surface area contributed by atoms with Gasteiger partial charge in [-0.2, -0.15) is 0 Å². The van der Waals surface area contributed by atoms with Gasteiger partial charge < -0.3 is 14.6 Å². The highest BCUT2D eigenvalue weighted by atomic mass is 16.7. The van der Waals surface area contributed by atoms with E-state index < -0.39 is 5.97 Å². The van der Waals surface area contributed by atoms with Gasteiger partial charge in [0.05, 0.1) is 12.7 Å². The predicted octanol–water partition coefficient (Wildman–Crippen LogP) is 1.93. The third kappa shape index (κ3) is 2.69. The summed E-state index contributed by atoms with van der Waals surface area (Å²) in [5.74, 6) is -1.12. The number of ether oxygens (including phenoxy) is 2. The molecule has 1 heterocycles. The molecule has 4 nitrogen and oxygen atoms in total. The lowest BCUT2D eigenvalue weighted by Crippen LogP contribution is -2.33. The van der Waals surface area contributed by atoms with Crippen LogP contribution in [0.2, 0.25) is 0 Å². The van der Waals surface area contributed by atoms with Crippen molar-refractivity contribution < 1.29 is 19.4 Å². The number of hydrogen-bond donors (Lipinski definition) is 1. The summed E-state index contributed by atoms with van der Waals surface area (Å²) in [6.45, 7) is 0.563. The van der Waals surface area contributed by atoms with Crippen molar-refractivity contribution in [2.45, 2.75) is 56.8 Å². The van der Waals surface area contributed by atoms with E-state index in [0.29, 0.717) is 13.0 Å². The van der Waals surface area contributed by atoms with Crippen LogP contribution in [-0.2, 0) is 14.3 Å². The van der Waals surface area contributed by atoms with Crippen LogP contribution >= 0.6 is 0 Å². The van der Waals surface area contributed by atoms with Crippen molar-refractivity contribution in [3.05, 3.63) is 0 Å². The third-order valence-corrected chi connectivity index (χ3v) is 3.21. The molecular weight excluding hydrogens is 196 g/mol. The van der Waals surface area contributed by atoms with E-state index >= 15 is 0 Å². The van der Waals surface area contributed by atoms with E-state index in [9.17, 15) is 4.79 Å². The fraction of sp³-hybridized carbons (Fsp3) is 0.909. The Morgan fingerprint density at radius 3 is 2.73 bits per heavy atom. The highest BCUT2D eigenvalue weighted by Crippen LogP contribution is 2.38. The average molecular weight is 214 g/mol. The molecule has 2 aliphatic rings. The number of aliphatic carboxylic acids is 1. The monoisotopic (exact) mass is 214 g/mol. The second kappa shape index (κ2) is 4.49. The van der Waals surface area contributed by atoms with Gasteiger partial charge in [-0.1, -0.05) is 6.42 Å². The van der Waals surface area contributed by atoms with E-state index in [1.54, 1.807) is 0 Å². The number of carbonyl (C=O) groups is 1. The van der Waals surface area contributed by atoms with Crippen molar-refractivity contribution in [1.82, 2.24) is 0 Å². The summed E-state index contributed by atoms with van der Waals surface area (Å²) in [6.07, 6.45) is 6.24. The van der Waals surface area contributed by atoms with Gasteiger partial charge in [0.1, 0.15) is 0 Å². The molecule has 1 saturated carbocycles. The van der Waals surface area contributed by atoms with Crippen LogP contribution in [0, 0.1) is 0 Å². The van der Waals surface area contributed by atoms with Gasteiger partial charge in [-0.25, -0.2) is 0 Å². The highest BCUT2D eigenvalue weighted by molar-refractivity contribution is 5.66. The summed E-state index contributed by atoms with van der Waals surface area (Å²) in [7, 11) is 0. The van der Waals surface area contributed by atoms with E-state index in [1.807, 2.05) is 0 Å². The molecule has 1 aliphatic carbocycles. The highest BCUT2D eigenvalue weighted by Gasteiger charge is 2.41. The minimum Gasteiger partial charge on any atom is -0.481 e. The Balaban J connectivity index is 1.80. The first kappa shape index (κ1) is 10.9. The van der Waals surface area contributed by atoms with Crippen LogP contribution in [-0.4, -0.2) is 29.6 Å². The lowest BCUT2D eigenvalue weighted by atomic mass is 9.94. The van der Waals surface area contributed by atoms with Crippen molar-refractivity contribution in [3.63, 3.8) is 0 Å². The maximum atomic E-state index is 10.4. The summed E-state index contributed by atoms with van der Waals surface area (Å²) in [5, 5.41) is 8.58. The Morgan fingerprint density at radius 1 is 1.33 bits per heavy atom. The first-order valence-corrected chi connectivity index (χ1v) is 5.74. The minimum atomic E-state index is -0.761. The molecule has 4 heteroatoms. The standard InChI is InChI=1S/C11H18O4/c12-10(13)5-4-9-8-14-11(15-9)6-2-1-3-7-11/h9H,1-8H2,(H,12,13)/t9-/m0/s1. The Morgan fingerprint density at radius 2 is 2.07 bits per heavy atom. The lowest BCUT2D eigenvalue weighted by molar-refractivity contribution is -0.187. The van der Waals surface area contributed by atoms with Gasteiger partial charge in [0.25, 0.3) is 0 Å². The number of rotatable bonds is 3. The Kier molecular flexibility index (Phi) is 3.26. The van der Waals surface area contributed by atoms with Gasteiger partial charge in [0.15, 0.2) is 5.79 Å². The Bertz CT molecular complexity index is 233. The van der Waals surface area contributed by atoms with Gasteiger partial charge in [-0.05, 0) is 19.3 Å². The van der Waals surface area contributed by atoms with Crippen LogP contribution < -0.4 is 0 Å². The van der Waals surface area contributed by atoms with Crippen molar-refractivity contribution in [2.24, 2.45) is 0 Å². The summed E-state index contributed by atoms with van der Waals surface area (Å²) in [5.41, 5.74) is 0. The van der Waals surface area contributed by atoms with Crippen molar-refractivity contribution >= 4 is 5.97 Å². The molecule has 0 amide bonds. The average Bonchev–Trinajstić information content (AvgIpc) is 2.60. The maximum absolute atomic E-state index is 10.4. The normalized spacial score (nSPS) is 29.5. The SMILES string of the molecule is O=C(O)CC[C@H]1COC2(CCCCC2)O1. The fourth-order valence-corrected chi connectivity index (χ4v) is 2.40. The maximum Gasteiger partial charge on any atom is 0.303 e. The number of hydrogen-bond acceptors (Lipinski definition) is 3. The molecule has 0 radical (unpaired) electrons. The molecule has 15 heavy (non-hydrogen) atoms. The van der Waals surface area contributed by atoms with Crippen LogP contribution in [0.15, 0.2) is 0 Å². The fourth-order valence-electron chi connectivity index (χ4n) is 2.40. The predicted molar refractivity (Wildman–Crippen MR) is 53.5 cm³/mol. The van der Waals surface area contributed by atoms with Crippen molar-refractivity contribution in [2.75, 3.05) is 6.61 Å². The van der Waals surface area contributed by atoms with Crippen LogP contribution in [0.1, 0.15) is 44.9 Å². The quantitative estimate of drug-likeness (QED) is 0.779. The number of carboxylic acids is 1. The van der Waals surface area contributed by atoms with E-state index in [1.165, 1.54) is 6.42 Å². The zero-order chi connectivity index (χ0) is 10.7. The molecule has 86 valence electrons. The van der Waals surface area contributed by atoms with Crippen LogP contribution in [0.3, 0.4) is 0 Å². The molecule has 1 aliphatic heterocycles. The topological polar surface area (TPSA) is 55.8 Å². The molecule has 0 aromatic rings. The Labute approximate surface area is 89.6 Å². The van der Waals surface area contributed by atoms with E-state index in [-0.39, 0.29) is 18.3 Å². The molecule has 1 saturated heterocycles. The van der Waals surface area contributed by atoms with Crippen molar-refractivity contribution in [1.29, 1.82) is 0 Å². The van der Waals surface area contributed by atoms with Gasteiger partial charge in [-0.3, -0.25) is 4.79 Å². The smallest absolute Gasteiger partial charge is 0.303 e. The van der Waals surface area contributed by atoms with Crippen molar-refractivity contribution in [3.8, 4) is 0 Å². The summed E-state index contributed by atoms with van der Waals surface area (Å²) < 4.78 is 11.6. The number of carboxylic acid groups (broad SMARTS) is 1. The molecule has 0 aromatic heterocycles. The van der Waals surface area contributed by atoms with E-state index in [4.69, 9.17) is 14.6 Å². The molecule has 0 bridgehead atoms. The Hall–Kier alpha value is -0.610. The molecule has 1 atom stereocenters. The zero-order valence-electron chi connectivity index (χ0n) is 8.91. The summed E-state index contributed by atoms with van der Waals surface area (Å²) >= 11 is 0. The molecule has 2 rings (SSSR count). The van der Waals surface area contributed by atoms with Gasteiger partial charge in [0, 0.05) is 19.3 Å². The minimum absolute atomic E-state index is 0.0146. The van der Waals surface area contributed by atoms with Crippen LogP contribution in [0.5, 0.6) is 0 Å².